The van der Waals surface area contributed by atoms with Gasteiger partial charge in [-0.2, -0.15) is 9.97 Å². The average molecular weight is 413 g/mol. The Labute approximate surface area is 178 Å². The molecule has 8 nitrogen and oxygen atoms in total. The predicted molar refractivity (Wildman–Crippen MR) is 124 cm³/mol. The number of para-hydroxylation sites is 1. The van der Waals surface area contributed by atoms with Crippen LogP contribution in [-0.2, 0) is 6.42 Å². The first-order valence-corrected chi connectivity index (χ1v) is 9.91. The molecule has 5 rings (SSSR count). The Morgan fingerprint density at radius 2 is 1.81 bits per heavy atom. The van der Waals surface area contributed by atoms with Crippen LogP contribution in [0.4, 0.5) is 11.8 Å². The molecule has 5 aromatic rings. The van der Waals surface area contributed by atoms with Crippen molar-refractivity contribution in [3.8, 4) is 5.69 Å². The van der Waals surface area contributed by atoms with Crippen LogP contribution in [0.15, 0.2) is 65.7 Å². The van der Waals surface area contributed by atoms with E-state index in [9.17, 15) is 4.79 Å². The molecule has 3 heterocycles. The van der Waals surface area contributed by atoms with Gasteiger partial charge in [0, 0.05) is 11.4 Å². The maximum atomic E-state index is 12.9. The van der Waals surface area contributed by atoms with Crippen LogP contribution in [0, 0.1) is 6.92 Å². The van der Waals surface area contributed by atoms with Crippen LogP contribution in [-0.4, -0.2) is 24.5 Å². The molecule has 0 unspecified atom stereocenters. The lowest BCUT2D eigenvalue weighted by Crippen LogP contribution is -2.22. The highest BCUT2D eigenvalue weighted by Crippen LogP contribution is 2.19. The fourth-order valence-corrected chi connectivity index (χ4v) is 3.58. The quantitative estimate of drug-likeness (QED) is 0.407. The van der Waals surface area contributed by atoms with Gasteiger partial charge >= 0.3 is 0 Å². The fraction of sp³-hybridized carbons (Fsp3) is 0.130. The van der Waals surface area contributed by atoms with Crippen molar-refractivity contribution in [1.29, 1.82) is 0 Å². The number of benzene rings is 2. The molecule has 0 spiro atoms. The van der Waals surface area contributed by atoms with Crippen LogP contribution >= 0.6 is 0 Å². The van der Waals surface area contributed by atoms with Gasteiger partial charge in [-0.15, -0.1) is 0 Å². The van der Waals surface area contributed by atoms with Crippen LogP contribution in [0.5, 0.6) is 0 Å². The molecule has 0 fully saturated rings. The molecular formula is C23H23N7O. The Kier molecular flexibility index (Phi) is 5.36. The number of imidazole rings is 1. The summed E-state index contributed by atoms with van der Waals surface area (Å²) in [5.74, 6) is 0.465. The molecule has 0 amide bonds. The highest BCUT2D eigenvalue weighted by Gasteiger charge is 2.11. The van der Waals surface area contributed by atoms with Gasteiger partial charge in [0.1, 0.15) is 5.52 Å². The van der Waals surface area contributed by atoms with Crippen LogP contribution in [0.3, 0.4) is 0 Å². The number of fused-ring (bicyclic) bond motifs is 2. The number of pyridine rings is 1. The fourth-order valence-electron chi connectivity index (χ4n) is 3.58. The monoisotopic (exact) mass is 413 g/mol. The molecule has 2 aromatic carbocycles. The van der Waals surface area contributed by atoms with Gasteiger partial charge in [0.15, 0.2) is 11.5 Å². The number of hydrogen-bond acceptors (Lipinski definition) is 6. The van der Waals surface area contributed by atoms with E-state index < -0.39 is 0 Å². The first-order chi connectivity index (χ1) is 15.0. The van der Waals surface area contributed by atoms with E-state index in [4.69, 9.17) is 11.5 Å². The van der Waals surface area contributed by atoms with Crippen LogP contribution < -0.4 is 17.0 Å². The van der Waals surface area contributed by atoms with Crippen LogP contribution in [0.2, 0.25) is 0 Å². The molecule has 0 saturated heterocycles. The molecule has 31 heavy (non-hydrogen) atoms. The van der Waals surface area contributed by atoms with E-state index >= 15 is 0 Å². The maximum Gasteiger partial charge on any atom is 0.263 e. The second-order valence-electron chi connectivity index (χ2n) is 7.07. The van der Waals surface area contributed by atoms with Crippen molar-refractivity contribution in [3.63, 3.8) is 0 Å². The Bertz CT molecular complexity index is 1420. The molecule has 156 valence electrons. The number of nitrogens with one attached hydrogen (secondary N) is 1. The van der Waals surface area contributed by atoms with E-state index in [-0.39, 0.29) is 11.5 Å². The Hall–Kier alpha value is -4.20. The van der Waals surface area contributed by atoms with Crippen molar-refractivity contribution in [2.45, 2.75) is 20.3 Å². The minimum atomic E-state index is 0.0728. The smallest absolute Gasteiger partial charge is 0.263 e. The Morgan fingerprint density at radius 1 is 1.03 bits per heavy atom. The third-order valence-electron chi connectivity index (χ3n) is 5.04. The number of hydrogen-bond donors (Lipinski definition) is 3. The van der Waals surface area contributed by atoms with Gasteiger partial charge in [-0.05, 0) is 42.5 Å². The van der Waals surface area contributed by atoms with Crippen molar-refractivity contribution in [3.05, 3.63) is 82.5 Å². The number of nitrogen functional groups attached to an aromatic ring is 2. The van der Waals surface area contributed by atoms with E-state index in [1.54, 1.807) is 0 Å². The van der Waals surface area contributed by atoms with Gasteiger partial charge in [-0.25, -0.2) is 4.98 Å². The highest BCUT2D eigenvalue weighted by molar-refractivity contribution is 5.85. The first kappa shape index (κ1) is 20.1. The first-order valence-electron chi connectivity index (χ1n) is 9.91. The van der Waals surface area contributed by atoms with E-state index in [1.165, 1.54) is 6.33 Å². The van der Waals surface area contributed by atoms with Gasteiger partial charge in [-0.1, -0.05) is 43.3 Å². The van der Waals surface area contributed by atoms with E-state index in [2.05, 4.69) is 32.9 Å². The zero-order valence-corrected chi connectivity index (χ0v) is 17.3. The Morgan fingerprint density at radius 3 is 2.55 bits per heavy atom. The summed E-state index contributed by atoms with van der Waals surface area (Å²) in [5, 5.41) is 1.84. The zero-order valence-electron chi connectivity index (χ0n) is 17.3. The SMILES string of the molecule is CCc1cc2cccc(C)c2c(=O)n1-c1ccccc1.Nc1nc(N)c2[nH]cnc2n1. The summed E-state index contributed by atoms with van der Waals surface area (Å²) < 4.78 is 1.83. The van der Waals surface area contributed by atoms with Gasteiger partial charge in [-0.3, -0.25) is 9.36 Å². The molecule has 0 aliphatic rings. The summed E-state index contributed by atoms with van der Waals surface area (Å²) in [4.78, 5) is 27.2. The van der Waals surface area contributed by atoms with Gasteiger partial charge in [0.2, 0.25) is 5.95 Å². The molecule has 0 radical (unpaired) electrons. The van der Waals surface area contributed by atoms with E-state index in [1.807, 2.05) is 60.0 Å². The van der Waals surface area contributed by atoms with E-state index in [0.717, 1.165) is 34.1 Å². The number of aromatic amines is 1. The predicted octanol–water partition coefficient (Wildman–Crippen LogP) is 3.38. The maximum absolute atomic E-state index is 12.9. The number of H-pyrrole nitrogens is 1. The van der Waals surface area contributed by atoms with Crippen molar-refractivity contribution >= 4 is 33.7 Å². The van der Waals surface area contributed by atoms with E-state index in [0.29, 0.717) is 17.0 Å². The normalized spacial score (nSPS) is 10.8. The average Bonchev–Trinajstić information content (AvgIpc) is 3.23. The minimum absolute atomic E-state index is 0.0728. The van der Waals surface area contributed by atoms with Crippen LogP contribution in [0.1, 0.15) is 18.2 Å². The number of anilines is 2. The molecule has 0 bridgehead atoms. The third-order valence-corrected chi connectivity index (χ3v) is 5.04. The summed E-state index contributed by atoms with van der Waals surface area (Å²) in [5.41, 5.74) is 15.0. The third kappa shape index (κ3) is 3.83. The topological polar surface area (TPSA) is 128 Å². The summed E-state index contributed by atoms with van der Waals surface area (Å²) in [6, 6.07) is 18.0. The molecule has 0 aliphatic carbocycles. The number of nitrogens with zero attached hydrogens (tertiary/aromatic N) is 4. The highest BCUT2D eigenvalue weighted by atomic mass is 16.1. The lowest BCUT2D eigenvalue weighted by atomic mass is 10.1. The summed E-state index contributed by atoms with van der Waals surface area (Å²) in [6.07, 6.45) is 2.32. The van der Waals surface area contributed by atoms with Crippen molar-refractivity contribution < 1.29 is 0 Å². The van der Waals surface area contributed by atoms with Gasteiger partial charge in [0.25, 0.3) is 5.56 Å². The summed E-state index contributed by atoms with van der Waals surface area (Å²) >= 11 is 0. The molecule has 5 N–H and O–H groups in total. The number of aromatic nitrogens is 5. The van der Waals surface area contributed by atoms with Crippen molar-refractivity contribution in [2.75, 3.05) is 11.5 Å². The zero-order chi connectivity index (χ0) is 22.0. The van der Waals surface area contributed by atoms with Gasteiger partial charge in [0.05, 0.1) is 11.7 Å². The summed E-state index contributed by atoms with van der Waals surface area (Å²) in [6.45, 7) is 4.07. The molecular weight excluding hydrogens is 390 g/mol. The molecule has 3 aromatic heterocycles. The Balaban J connectivity index is 0.000000177. The molecule has 0 saturated carbocycles. The van der Waals surface area contributed by atoms with Crippen molar-refractivity contribution in [2.24, 2.45) is 0 Å². The van der Waals surface area contributed by atoms with Gasteiger partial charge < -0.3 is 16.5 Å². The second-order valence-corrected chi connectivity index (χ2v) is 7.07. The lowest BCUT2D eigenvalue weighted by molar-refractivity contribution is 0.888. The largest absolute Gasteiger partial charge is 0.382 e. The second kappa shape index (κ2) is 8.27. The molecule has 0 atom stereocenters. The standard InChI is InChI=1S/C18H17NO.C5H6N6/c1-3-15-12-14-9-7-8-13(2)17(14)18(20)19(15)16-10-5-4-6-11-16;6-3-2-4(9-1-8-2)11-5(7)10-3/h4-12H,3H2,1-2H3;1H,(H5,6,7,8,9,10,11). The number of rotatable bonds is 2. The lowest BCUT2D eigenvalue weighted by Gasteiger charge is -2.14. The molecule has 8 heteroatoms. The van der Waals surface area contributed by atoms with Crippen molar-refractivity contribution in [1.82, 2.24) is 24.5 Å². The number of aryl methyl sites for hydroxylation is 2. The number of nitrogens with two attached hydrogens (primary N) is 2. The minimum Gasteiger partial charge on any atom is -0.382 e. The summed E-state index contributed by atoms with van der Waals surface area (Å²) in [7, 11) is 0. The van der Waals surface area contributed by atoms with Crippen LogP contribution in [0.25, 0.3) is 27.6 Å². The molecule has 0 aliphatic heterocycles.